The van der Waals surface area contributed by atoms with Crippen molar-refractivity contribution in [2.24, 2.45) is 4.99 Å². The number of nitrogens with one attached hydrogen (secondary N) is 2. The first-order valence-corrected chi connectivity index (χ1v) is 10.5. The van der Waals surface area contributed by atoms with Crippen LogP contribution >= 0.6 is 0 Å². The molecule has 2 N–H and O–H groups in total. The van der Waals surface area contributed by atoms with Crippen LogP contribution in [0, 0.1) is 0 Å². The summed E-state index contributed by atoms with van der Waals surface area (Å²) in [6.07, 6.45) is 2.95. The van der Waals surface area contributed by atoms with Gasteiger partial charge in [0.15, 0.2) is 5.96 Å². The van der Waals surface area contributed by atoms with E-state index in [0.29, 0.717) is 13.2 Å². The van der Waals surface area contributed by atoms with Gasteiger partial charge in [0.1, 0.15) is 5.82 Å². The van der Waals surface area contributed by atoms with Gasteiger partial charge in [0.2, 0.25) is 0 Å². The molecule has 1 aromatic heterocycles. The van der Waals surface area contributed by atoms with Crippen molar-refractivity contribution in [3.05, 3.63) is 59.8 Å². The summed E-state index contributed by atoms with van der Waals surface area (Å²) in [5.41, 5.74) is 2.34. The lowest BCUT2D eigenvalue weighted by molar-refractivity contribution is 0.0646. The molecule has 1 heterocycles. The molecular weight excluding hydrogens is 362 g/mol. The molecule has 0 spiro atoms. The van der Waals surface area contributed by atoms with Crippen LogP contribution in [0.3, 0.4) is 0 Å². The zero-order valence-electron chi connectivity index (χ0n) is 18.2. The van der Waals surface area contributed by atoms with Crippen LogP contribution in [0.5, 0.6) is 0 Å². The van der Waals surface area contributed by atoms with E-state index in [2.05, 4.69) is 70.5 Å². The molecule has 0 saturated heterocycles. The third-order valence-corrected chi connectivity index (χ3v) is 4.83. The van der Waals surface area contributed by atoms with Gasteiger partial charge in [-0.1, -0.05) is 36.4 Å². The first-order chi connectivity index (χ1) is 14.2. The van der Waals surface area contributed by atoms with Crippen LogP contribution in [0.25, 0.3) is 0 Å². The zero-order chi connectivity index (χ0) is 20.9. The number of aliphatic imine (C=N–C) groups is 1. The summed E-state index contributed by atoms with van der Waals surface area (Å²) in [4.78, 5) is 11.1. The summed E-state index contributed by atoms with van der Waals surface area (Å²) in [6.45, 7) is 10.5. The molecule has 0 amide bonds. The molecule has 158 valence electrons. The summed E-state index contributed by atoms with van der Waals surface area (Å²) >= 11 is 0. The molecule has 6 nitrogen and oxygen atoms in total. The monoisotopic (exact) mass is 397 g/mol. The lowest BCUT2D eigenvalue weighted by Gasteiger charge is -2.19. The molecule has 2 aromatic rings. The van der Waals surface area contributed by atoms with E-state index in [9.17, 15) is 0 Å². The van der Waals surface area contributed by atoms with Crippen molar-refractivity contribution >= 4 is 11.8 Å². The van der Waals surface area contributed by atoms with Crippen LogP contribution in [0.4, 0.5) is 5.82 Å². The molecule has 0 aliphatic heterocycles. The quantitative estimate of drug-likeness (QED) is 0.343. The molecule has 0 aliphatic carbocycles. The SMILES string of the molecule is CCN(CC)c1ccc(CNC(=NC)NCCCOC(C)c2ccccc2)cn1. The first kappa shape index (κ1) is 22.7. The number of anilines is 1. The average Bonchev–Trinajstić information content (AvgIpc) is 2.77. The third-order valence-electron chi connectivity index (χ3n) is 4.83. The number of guanidine groups is 1. The molecular formula is C23H35N5O. The van der Waals surface area contributed by atoms with E-state index in [0.717, 1.165) is 43.4 Å². The van der Waals surface area contributed by atoms with Crippen LogP contribution in [0.2, 0.25) is 0 Å². The molecule has 0 radical (unpaired) electrons. The number of hydrogen-bond acceptors (Lipinski definition) is 4. The Bertz CT molecular complexity index is 714. The second-order valence-corrected chi connectivity index (χ2v) is 6.83. The van der Waals surface area contributed by atoms with Crippen molar-refractivity contribution in [3.8, 4) is 0 Å². The van der Waals surface area contributed by atoms with Gasteiger partial charge in [0.05, 0.1) is 6.10 Å². The smallest absolute Gasteiger partial charge is 0.191 e. The molecule has 1 atom stereocenters. The summed E-state index contributed by atoms with van der Waals surface area (Å²) < 4.78 is 5.91. The normalized spacial score (nSPS) is 12.5. The Kier molecular flexibility index (Phi) is 10.00. The van der Waals surface area contributed by atoms with E-state index >= 15 is 0 Å². The van der Waals surface area contributed by atoms with E-state index in [-0.39, 0.29) is 6.10 Å². The Morgan fingerprint density at radius 3 is 2.48 bits per heavy atom. The first-order valence-electron chi connectivity index (χ1n) is 10.5. The molecule has 6 heteroatoms. The molecule has 0 bridgehead atoms. The minimum Gasteiger partial charge on any atom is -0.374 e. The summed E-state index contributed by atoms with van der Waals surface area (Å²) in [5, 5.41) is 6.66. The molecule has 0 aliphatic rings. The predicted molar refractivity (Wildman–Crippen MR) is 121 cm³/mol. The topological polar surface area (TPSA) is 61.8 Å². The highest BCUT2D eigenvalue weighted by atomic mass is 16.5. The minimum atomic E-state index is 0.112. The Morgan fingerprint density at radius 2 is 1.86 bits per heavy atom. The number of pyridine rings is 1. The lowest BCUT2D eigenvalue weighted by Crippen LogP contribution is -2.37. The summed E-state index contributed by atoms with van der Waals surface area (Å²) in [5.74, 6) is 1.81. The van der Waals surface area contributed by atoms with Crippen molar-refractivity contribution in [2.75, 3.05) is 38.2 Å². The number of benzene rings is 1. The van der Waals surface area contributed by atoms with Crippen LogP contribution in [0.15, 0.2) is 53.7 Å². The number of nitrogens with zero attached hydrogens (tertiary/aromatic N) is 3. The fraction of sp³-hybridized carbons (Fsp3) is 0.478. The Balaban J connectivity index is 1.66. The highest BCUT2D eigenvalue weighted by molar-refractivity contribution is 5.79. The van der Waals surface area contributed by atoms with E-state index in [1.54, 1.807) is 7.05 Å². The van der Waals surface area contributed by atoms with Crippen LogP contribution < -0.4 is 15.5 Å². The van der Waals surface area contributed by atoms with Crippen LogP contribution in [0.1, 0.15) is 44.4 Å². The van der Waals surface area contributed by atoms with Crippen molar-refractivity contribution in [2.45, 2.75) is 39.8 Å². The van der Waals surface area contributed by atoms with Gasteiger partial charge in [-0.05, 0) is 44.4 Å². The minimum absolute atomic E-state index is 0.112. The van der Waals surface area contributed by atoms with Gasteiger partial charge in [-0.25, -0.2) is 4.98 Å². The Hall–Kier alpha value is -2.60. The van der Waals surface area contributed by atoms with Gasteiger partial charge < -0.3 is 20.3 Å². The van der Waals surface area contributed by atoms with E-state index in [1.165, 1.54) is 5.56 Å². The van der Waals surface area contributed by atoms with Gasteiger partial charge in [-0.15, -0.1) is 0 Å². The second-order valence-electron chi connectivity index (χ2n) is 6.83. The molecule has 29 heavy (non-hydrogen) atoms. The van der Waals surface area contributed by atoms with Crippen molar-refractivity contribution in [1.82, 2.24) is 15.6 Å². The van der Waals surface area contributed by atoms with E-state index in [1.807, 2.05) is 24.4 Å². The average molecular weight is 398 g/mol. The maximum Gasteiger partial charge on any atom is 0.191 e. The van der Waals surface area contributed by atoms with Crippen LogP contribution in [-0.2, 0) is 11.3 Å². The zero-order valence-corrected chi connectivity index (χ0v) is 18.2. The number of aromatic nitrogens is 1. The van der Waals surface area contributed by atoms with Gasteiger partial charge in [-0.3, -0.25) is 4.99 Å². The third kappa shape index (κ3) is 7.74. The van der Waals surface area contributed by atoms with Crippen LogP contribution in [-0.4, -0.2) is 44.2 Å². The van der Waals surface area contributed by atoms with Gasteiger partial charge in [0.25, 0.3) is 0 Å². The Labute approximate surface area is 175 Å². The van der Waals surface area contributed by atoms with Crippen molar-refractivity contribution < 1.29 is 4.74 Å². The number of ether oxygens (including phenoxy) is 1. The summed E-state index contributed by atoms with van der Waals surface area (Å²) in [6, 6.07) is 14.5. The molecule has 0 saturated carbocycles. The largest absolute Gasteiger partial charge is 0.374 e. The fourth-order valence-corrected chi connectivity index (χ4v) is 3.02. The summed E-state index contributed by atoms with van der Waals surface area (Å²) in [7, 11) is 1.78. The van der Waals surface area contributed by atoms with Gasteiger partial charge >= 0.3 is 0 Å². The molecule has 0 fully saturated rings. The fourth-order valence-electron chi connectivity index (χ4n) is 3.02. The maximum atomic E-state index is 5.91. The van der Waals surface area contributed by atoms with E-state index < -0.39 is 0 Å². The number of hydrogen-bond donors (Lipinski definition) is 2. The standard InChI is InChI=1S/C23H35N5O/c1-5-28(6-2)22-14-13-20(17-26-22)18-27-23(24-4)25-15-10-16-29-19(3)21-11-8-7-9-12-21/h7-9,11-14,17,19H,5-6,10,15-16,18H2,1-4H3,(H2,24,25,27). The predicted octanol–water partition coefficient (Wildman–Crippen LogP) is 3.76. The van der Waals surface area contributed by atoms with E-state index in [4.69, 9.17) is 4.74 Å². The van der Waals surface area contributed by atoms with Crippen molar-refractivity contribution in [3.63, 3.8) is 0 Å². The molecule has 1 unspecified atom stereocenters. The number of rotatable bonds is 11. The van der Waals surface area contributed by atoms with Gasteiger partial charge in [-0.2, -0.15) is 0 Å². The van der Waals surface area contributed by atoms with Gasteiger partial charge in [0, 0.05) is 46.0 Å². The lowest BCUT2D eigenvalue weighted by atomic mass is 10.1. The maximum absolute atomic E-state index is 5.91. The molecule has 2 rings (SSSR count). The highest BCUT2D eigenvalue weighted by Crippen LogP contribution is 2.15. The highest BCUT2D eigenvalue weighted by Gasteiger charge is 2.05. The second kappa shape index (κ2) is 12.8. The Morgan fingerprint density at radius 1 is 1.10 bits per heavy atom. The molecule has 1 aromatic carbocycles. The van der Waals surface area contributed by atoms with Crippen molar-refractivity contribution in [1.29, 1.82) is 0 Å².